The lowest BCUT2D eigenvalue weighted by Gasteiger charge is -2.05. The van der Waals surface area contributed by atoms with Crippen molar-refractivity contribution < 1.29 is 18.7 Å². The van der Waals surface area contributed by atoms with Crippen LogP contribution in [-0.4, -0.2) is 24.2 Å². The summed E-state index contributed by atoms with van der Waals surface area (Å²) in [6.07, 6.45) is 0. The largest absolute Gasteiger partial charge is 0.395 e. The molecule has 0 aliphatic heterocycles. The summed E-state index contributed by atoms with van der Waals surface area (Å²) >= 11 is 0. The van der Waals surface area contributed by atoms with Crippen LogP contribution in [0.5, 0.6) is 0 Å². The van der Waals surface area contributed by atoms with Crippen molar-refractivity contribution in [2.45, 2.75) is 6.92 Å². The van der Waals surface area contributed by atoms with Crippen molar-refractivity contribution in [3.63, 3.8) is 0 Å². The van der Waals surface area contributed by atoms with E-state index in [1.807, 2.05) is 0 Å². The lowest BCUT2D eigenvalue weighted by molar-refractivity contribution is 0.0940. The number of aliphatic hydroxyl groups excluding tert-OH is 1. The predicted molar refractivity (Wildman–Crippen MR) is 50.5 cm³/mol. The van der Waals surface area contributed by atoms with Crippen LogP contribution in [0.25, 0.3) is 0 Å². The zero-order valence-corrected chi connectivity index (χ0v) is 8.18. The molecule has 0 aliphatic rings. The first kappa shape index (κ1) is 11.6. The molecule has 1 rings (SSSR count). The van der Waals surface area contributed by atoms with E-state index in [1.165, 1.54) is 6.92 Å². The number of nitrogens with one attached hydrogen (secondary N) is 1. The third kappa shape index (κ3) is 2.73. The Labute approximate surface area is 85.7 Å². The Morgan fingerprint density at radius 2 is 2.07 bits per heavy atom. The van der Waals surface area contributed by atoms with Crippen LogP contribution in [0.15, 0.2) is 12.1 Å². The molecule has 15 heavy (non-hydrogen) atoms. The van der Waals surface area contributed by atoms with E-state index in [2.05, 4.69) is 5.32 Å². The number of carbonyl (C=O) groups excluding carboxylic acids is 1. The number of benzene rings is 1. The number of carbonyl (C=O) groups is 1. The topological polar surface area (TPSA) is 49.3 Å². The van der Waals surface area contributed by atoms with E-state index in [-0.39, 0.29) is 24.3 Å². The maximum absolute atomic E-state index is 13.2. The third-order valence-corrected chi connectivity index (χ3v) is 1.89. The molecular weight excluding hydrogens is 204 g/mol. The van der Waals surface area contributed by atoms with E-state index in [0.29, 0.717) is 0 Å². The van der Waals surface area contributed by atoms with Crippen molar-refractivity contribution in [3.05, 3.63) is 34.9 Å². The van der Waals surface area contributed by atoms with Gasteiger partial charge in [0.1, 0.15) is 11.6 Å². The van der Waals surface area contributed by atoms with Crippen molar-refractivity contribution in [1.82, 2.24) is 5.32 Å². The van der Waals surface area contributed by atoms with Gasteiger partial charge in [0.05, 0.1) is 12.2 Å². The molecule has 1 aromatic carbocycles. The number of aryl methyl sites for hydroxylation is 1. The second kappa shape index (κ2) is 4.84. The van der Waals surface area contributed by atoms with Gasteiger partial charge < -0.3 is 10.4 Å². The van der Waals surface area contributed by atoms with Crippen LogP contribution in [0.2, 0.25) is 0 Å². The molecule has 0 fully saturated rings. The molecule has 0 unspecified atom stereocenters. The summed E-state index contributed by atoms with van der Waals surface area (Å²) in [4.78, 5) is 11.3. The summed E-state index contributed by atoms with van der Waals surface area (Å²) < 4.78 is 26.3. The average molecular weight is 215 g/mol. The Hall–Kier alpha value is -1.49. The fraction of sp³-hybridized carbons (Fsp3) is 0.300. The van der Waals surface area contributed by atoms with Crippen LogP contribution in [0.1, 0.15) is 15.9 Å². The van der Waals surface area contributed by atoms with Crippen LogP contribution in [0, 0.1) is 18.6 Å². The fourth-order valence-corrected chi connectivity index (χ4v) is 1.08. The van der Waals surface area contributed by atoms with Gasteiger partial charge in [0.25, 0.3) is 5.91 Å². The Kier molecular flexibility index (Phi) is 3.74. The molecule has 5 heteroatoms. The van der Waals surface area contributed by atoms with E-state index in [1.54, 1.807) is 0 Å². The highest BCUT2D eigenvalue weighted by molar-refractivity contribution is 5.94. The van der Waals surface area contributed by atoms with Crippen LogP contribution >= 0.6 is 0 Å². The zero-order chi connectivity index (χ0) is 11.4. The fourth-order valence-electron chi connectivity index (χ4n) is 1.08. The first-order valence-corrected chi connectivity index (χ1v) is 4.41. The van der Waals surface area contributed by atoms with E-state index >= 15 is 0 Å². The quantitative estimate of drug-likeness (QED) is 0.790. The Balaban J connectivity index is 2.94. The van der Waals surface area contributed by atoms with Crippen molar-refractivity contribution in [2.75, 3.05) is 13.2 Å². The van der Waals surface area contributed by atoms with E-state index in [0.717, 1.165) is 12.1 Å². The van der Waals surface area contributed by atoms with Crippen LogP contribution < -0.4 is 5.32 Å². The number of halogens is 2. The van der Waals surface area contributed by atoms with E-state index in [4.69, 9.17) is 5.11 Å². The first-order valence-electron chi connectivity index (χ1n) is 4.41. The Bertz CT molecular complexity index is 380. The standard InChI is InChI=1S/C10H11F2NO2/c1-6-4-9(12)7(5-8(6)11)10(15)13-2-3-14/h4-5,14H,2-3H2,1H3,(H,13,15). The molecular formula is C10H11F2NO2. The van der Waals surface area contributed by atoms with Gasteiger partial charge in [-0.05, 0) is 24.6 Å². The molecule has 0 bridgehead atoms. The molecule has 0 atom stereocenters. The Morgan fingerprint density at radius 3 is 2.67 bits per heavy atom. The smallest absolute Gasteiger partial charge is 0.254 e. The zero-order valence-electron chi connectivity index (χ0n) is 8.18. The molecule has 0 heterocycles. The number of hydrogen-bond donors (Lipinski definition) is 2. The van der Waals surface area contributed by atoms with Crippen molar-refractivity contribution >= 4 is 5.91 Å². The van der Waals surface area contributed by atoms with Gasteiger partial charge in [0.2, 0.25) is 0 Å². The van der Waals surface area contributed by atoms with Crippen LogP contribution in [-0.2, 0) is 0 Å². The van der Waals surface area contributed by atoms with Gasteiger partial charge in [-0.2, -0.15) is 0 Å². The predicted octanol–water partition coefficient (Wildman–Crippen LogP) is 0.995. The molecule has 0 saturated carbocycles. The number of rotatable bonds is 3. The van der Waals surface area contributed by atoms with E-state index in [9.17, 15) is 13.6 Å². The number of aliphatic hydroxyl groups is 1. The van der Waals surface area contributed by atoms with Gasteiger partial charge in [-0.1, -0.05) is 0 Å². The molecule has 0 aromatic heterocycles. The summed E-state index contributed by atoms with van der Waals surface area (Å²) in [5.74, 6) is -2.14. The van der Waals surface area contributed by atoms with Gasteiger partial charge in [0, 0.05) is 6.54 Å². The summed E-state index contributed by atoms with van der Waals surface area (Å²) in [6.45, 7) is 1.17. The lowest BCUT2D eigenvalue weighted by Crippen LogP contribution is -2.27. The molecule has 0 saturated heterocycles. The van der Waals surface area contributed by atoms with Crippen LogP contribution in [0.4, 0.5) is 8.78 Å². The normalized spacial score (nSPS) is 10.1. The molecule has 0 radical (unpaired) electrons. The molecule has 1 amide bonds. The molecule has 3 nitrogen and oxygen atoms in total. The monoisotopic (exact) mass is 215 g/mol. The highest BCUT2D eigenvalue weighted by Crippen LogP contribution is 2.13. The minimum atomic E-state index is -0.774. The minimum Gasteiger partial charge on any atom is -0.395 e. The molecule has 0 spiro atoms. The van der Waals surface area contributed by atoms with Gasteiger partial charge in [-0.15, -0.1) is 0 Å². The number of amides is 1. The molecule has 82 valence electrons. The Morgan fingerprint density at radius 1 is 1.40 bits per heavy atom. The third-order valence-electron chi connectivity index (χ3n) is 1.89. The van der Waals surface area contributed by atoms with Crippen molar-refractivity contribution in [1.29, 1.82) is 0 Å². The van der Waals surface area contributed by atoms with Gasteiger partial charge >= 0.3 is 0 Å². The maximum atomic E-state index is 13.2. The SMILES string of the molecule is Cc1cc(F)c(C(=O)NCCO)cc1F. The van der Waals surface area contributed by atoms with Crippen molar-refractivity contribution in [2.24, 2.45) is 0 Å². The highest BCUT2D eigenvalue weighted by Gasteiger charge is 2.13. The molecule has 1 aromatic rings. The average Bonchev–Trinajstić information content (AvgIpc) is 2.20. The lowest BCUT2D eigenvalue weighted by atomic mass is 10.1. The molecule has 2 N–H and O–H groups in total. The second-order valence-corrected chi connectivity index (χ2v) is 3.06. The summed E-state index contributed by atoms with van der Waals surface area (Å²) in [6, 6.07) is 1.81. The van der Waals surface area contributed by atoms with Gasteiger partial charge in [-0.25, -0.2) is 8.78 Å². The first-order chi connectivity index (χ1) is 7.06. The molecule has 0 aliphatic carbocycles. The second-order valence-electron chi connectivity index (χ2n) is 3.06. The highest BCUT2D eigenvalue weighted by atomic mass is 19.1. The minimum absolute atomic E-state index is 0.00771. The van der Waals surface area contributed by atoms with E-state index < -0.39 is 17.5 Å². The summed E-state index contributed by atoms with van der Waals surface area (Å²) in [5, 5.41) is 10.7. The number of hydrogen-bond acceptors (Lipinski definition) is 2. The van der Waals surface area contributed by atoms with Gasteiger partial charge in [-0.3, -0.25) is 4.79 Å². The van der Waals surface area contributed by atoms with Crippen molar-refractivity contribution in [3.8, 4) is 0 Å². The maximum Gasteiger partial charge on any atom is 0.254 e. The van der Waals surface area contributed by atoms with Gasteiger partial charge in [0.15, 0.2) is 0 Å². The summed E-state index contributed by atoms with van der Waals surface area (Å²) in [7, 11) is 0. The summed E-state index contributed by atoms with van der Waals surface area (Å²) in [5.41, 5.74) is -0.210. The van der Waals surface area contributed by atoms with Crippen LogP contribution in [0.3, 0.4) is 0 Å².